The van der Waals surface area contributed by atoms with Crippen LogP contribution in [-0.2, 0) is 25.7 Å². The Morgan fingerprint density at radius 3 is 1.35 bits per heavy atom. The fourth-order valence-corrected chi connectivity index (χ4v) is 8.84. The molecule has 6 aromatic carbocycles. The van der Waals surface area contributed by atoms with E-state index in [1.54, 1.807) is 0 Å². The number of hydrogen-bond donors (Lipinski definition) is 0. The van der Waals surface area contributed by atoms with Crippen LogP contribution in [0.4, 0.5) is 0 Å². The zero-order valence-electron chi connectivity index (χ0n) is 35.8. The van der Waals surface area contributed by atoms with E-state index in [-0.39, 0.29) is 0 Å². The van der Waals surface area contributed by atoms with Crippen molar-refractivity contribution in [3.05, 3.63) is 241 Å². The summed E-state index contributed by atoms with van der Waals surface area (Å²) in [4.78, 5) is 19.6. The lowest BCUT2D eigenvalue weighted by atomic mass is 9.90. The van der Waals surface area contributed by atoms with Gasteiger partial charge in [-0.15, -0.1) is 0 Å². The standard InChI is InChI=1S/C60H44N4O/c1-4-13-45(14-5-1)55-31-27-41(38-61-55)23-25-43-35-44(26-24-42-28-32-56(62-39-42)46-15-6-2-7-16-46)37-49(36-43)51-20-11-10-19-50(51)48-29-33-58(63-40-48)54-22-12-21-52-53-30-34-57(47-17-8-3-9-18-47)64-60(53)65-59(52)54/h1-22,27-40H,23-26H2. The summed E-state index contributed by atoms with van der Waals surface area (Å²) in [5.41, 5.74) is 19.0. The van der Waals surface area contributed by atoms with Crippen LogP contribution in [0.15, 0.2) is 223 Å². The van der Waals surface area contributed by atoms with E-state index in [9.17, 15) is 0 Å². The summed E-state index contributed by atoms with van der Waals surface area (Å²) in [5, 5.41) is 2.02. The van der Waals surface area contributed by atoms with E-state index in [1.807, 2.05) is 48.9 Å². The van der Waals surface area contributed by atoms with Crippen molar-refractivity contribution in [2.45, 2.75) is 25.7 Å². The maximum atomic E-state index is 6.50. The Morgan fingerprint density at radius 1 is 0.308 bits per heavy atom. The molecule has 0 atom stereocenters. The van der Waals surface area contributed by atoms with Crippen LogP contribution in [-0.4, -0.2) is 19.9 Å². The molecule has 5 heterocycles. The van der Waals surface area contributed by atoms with Crippen LogP contribution in [0.5, 0.6) is 0 Å². The first kappa shape index (κ1) is 39.6. The molecule has 5 aromatic heterocycles. The zero-order chi connectivity index (χ0) is 43.4. The van der Waals surface area contributed by atoms with Gasteiger partial charge in [0.2, 0.25) is 5.71 Å². The van der Waals surface area contributed by atoms with E-state index in [2.05, 4.69) is 170 Å². The minimum Gasteiger partial charge on any atom is -0.437 e. The molecule has 5 heteroatoms. The van der Waals surface area contributed by atoms with Crippen LogP contribution < -0.4 is 0 Å². The molecule has 0 aliphatic rings. The highest BCUT2D eigenvalue weighted by atomic mass is 16.3. The van der Waals surface area contributed by atoms with Gasteiger partial charge in [-0.1, -0.05) is 164 Å². The first-order chi connectivity index (χ1) is 32.2. The van der Waals surface area contributed by atoms with Crippen molar-refractivity contribution >= 4 is 22.1 Å². The Hall–Kier alpha value is -8.28. The first-order valence-electron chi connectivity index (χ1n) is 22.3. The van der Waals surface area contributed by atoms with E-state index < -0.39 is 0 Å². The van der Waals surface area contributed by atoms with Crippen molar-refractivity contribution in [1.29, 1.82) is 0 Å². The van der Waals surface area contributed by atoms with Gasteiger partial charge < -0.3 is 4.42 Å². The number of fused-ring (bicyclic) bond motifs is 3. The molecule has 0 aliphatic heterocycles. The van der Waals surface area contributed by atoms with Gasteiger partial charge in [-0.3, -0.25) is 15.0 Å². The average molecular weight is 837 g/mol. The van der Waals surface area contributed by atoms with Gasteiger partial charge in [0.15, 0.2) is 0 Å². The third-order valence-corrected chi connectivity index (χ3v) is 12.3. The largest absolute Gasteiger partial charge is 0.437 e. The molecule has 0 amide bonds. The van der Waals surface area contributed by atoms with Gasteiger partial charge in [-0.25, -0.2) is 4.98 Å². The second-order valence-corrected chi connectivity index (χ2v) is 16.6. The smallest absolute Gasteiger partial charge is 0.227 e. The average Bonchev–Trinajstić information content (AvgIpc) is 3.77. The summed E-state index contributed by atoms with van der Waals surface area (Å²) in [6.45, 7) is 0. The van der Waals surface area contributed by atoms with Gasteiger partial charge in [-0.2, -0.15) is 0 Å². The molecule has 0 aliphatic carbocycles. The Balaban J connectivity index is 0.891. The minimum atomic E-state index is 0.621. The van der Waals surface area contributed by atoms with Gasteiger partial charge >= 0.3 is 0 Å². The summed E-state index contributed by atoms with van der Waals surface area (Å²) in [6, 6.07) is 70.1. The second kappa shape index (κ2) is 17.8. The summed E-state index contributed by atoms with van der Waals surface area (Å²) in [5.74, 6) is 0. The lowest BCUT2D eigenvalue weighted by Gasteiger charge is -2.15. The molecule has 11 rings (SSSR count). The van der Waals surface area contributed by atoms with Crippen molar-refractivity contribution in [1.82, 2.24) is 19.9 Å². The third kappa shape index (κ3) is 8.48. The first-order valence-corrected chi connectivity index (χ1v) is 22.3. The fourth-order valence-electron chi connectivity index (χ4n) is 8.84. The summed E-state index contributed by atoms with van der Waals surface area (Å²) in [7, 11) is 0. The van der Waals surface area contributed by atoms with Crippen molar-refractivity contribution in [3.8, 4) is 67.3 Å². The van der Waals surface area contributed by atoms with E-state index >= 15 is 0 Å². The van der Waals surface area contributed by atoms with Crippen molar-refractivity contribution in [2.75, 3.05) is 0 Å². The molecular weight excluding hydrogens is 793 g/mol. The van der Waals surface area contributed by atoms with Crippen LogP contribution in [0.1, 0.15) is 22.3 Å². The van der Waals surface area contributed by atoms with Crippen molar-refractivity contribution in [2.24, 2.45) is 0 Å². The number of para-hydroxylation sites is 1. The Bertz CT molecular complexity index is 3280. The Morgan fingerprint density at radius 2 is 0.800 bits per heavy atom. The minimum absolute atomic E-state index is 0.621. The van der Waals surface area contributed by atoms with E-state index in [1.165, 1.54) is 33.4 Å². The highest BCUT2D eigenvalue weighted by molar-refractivity contribution is 6.08. The SMILES string of the molecule is c1ccc(-c2ccc(CCc3cc(CCc4ccc(-c5ccccc5)nc4)cc(-c4ccccc4-c4ccc(-c5cccc6c5oc5nc(-c7ccccc7)ccc56)nc4)c3)cn2)cc1. The summed E-state index contributed by atoms with van der Waals surface area (Å²) in [6.07, 6.45) is 9.63. The number of hydrogen-bond acceptors (Lipinski definition) is 5. The van der Waals surface area contributed by atoms with Crippen LogP contribution in [0.3, 0.4) is 0 Å². The van der Waals surface area contributed by atoms with Gasteiger partial charge in [0, 0.05) is 57.2 Å². The number of aromatic nitrogens is 4. The molecule has 65 heavy (non-hydrogen) atoms. The molecule has 11 aromatic rings. The van der Waals surface area contributed by atoms with Gasteiger partial charge in [0.25, 0.3) is 0 Å². The molecule has 0 N–H and O–H groups in total. The maximum absolute atomic E-state index is 6.50. The van der Waals surface area contributed by atoms with Crippen LogP contribution in [0.25, 0.3) is 89.4 Å². The Labute approximate surface area is 378 Å². The number of rotatable bonds is 12. The van der Waals surface area contributed by atoms with Gasteiger partial charge in [0.05, 0.1) is 22.8 Å². The summed E-state index contributed by atoms with van der Waals surface area (Å²) >= 11 is 0. The normalized spacial score (nSPS) is 11.3. The molecule has 0 spiro atoms. The molecule has 0 saturated carbocycles. The van der Waals surface area contributed by atoms with Crippen LogP contribution in [0.2, 0.25) is 0 Å². The molecule has 0 unspecified atom stereocenters. The number of pyridine rings is 4. The number of benzene rings is 6. The maximum Gasteiger partial charge on any atom is 0.227 e. The summed E-state index contributed by atoms with van der Waals surface area (Å²) < 4.78 is 6.50. The number of furan rings is 1. The third-order valence-electron chi connectivity index (χ3n) is 12.3. The molecule has 0 saturated heterocycles. The van der Waals surface area contributed by atoms with E-state index in [0.29, 0.717) is 5.71 Å². The second-order valence-electron chi connectivity index (χ2n) is 16.6. The number of nitrogens with zero attached hydrogens (tertiary/aromatic N) is 4. The monoisotopic (exact) mass is 836 g/mol. The highest BCUT2D eigenvalue weighted by Gasteiger charge is 2.16. The van der Waals surface area contributed by atoms with Gasteiger partial charge in [-0.05, 0) is 101 Å². The Kier molecular flexibility index (Phi) is 10.9. The predicted octanol–water partition coefficient (Wildman–Crippen LogP) is 14.7. The van der Waals surface area contributed by atoms with Crippen molar-refractivity contribution in [3.63, 3.8) is 0 Å². The number of aryl methyl sites for hydroxylation is 4. The zero-order valence-corrected chi connectivity index (χ0v) is 35.8. The molecule has 0 radical (unpaired) electrons. The molecule has 0 bridgehead atoms. The lowest BCUT2D eigenvalue weighted by Crippen LogP contribution is -1.98. The van der Waals surface area contributed by atoms with Gasteiger partial charge in [0.1, 0.15) is 5.58 Å². The topological polar surface area (TPSA) is 64.7 Å². The molecular formula is C60H44N4O. The highest BCUT2D eigenvalue weighted by Crippen LogP contribution is 2.38. The van der Waals surface area contributed by atoms with E-state index in [4.69, 9.17) is 24.4 Å². The van der Waals surface area contributed by atoms with Crippen molar-refractivity contribution < 1.29 is 4.42 Å². The molecule has 0 fully saturated rings. The van der Waals surface area contributed by atoms with Crippen LogP contribution in [0, 0.1) is 0 Å². The van der Waals surface area contributed by atoms with Crippen LogP contribution >= 0.6 is 0 Å². The predicted molar refractivity (Wildman–Crippen MR) is 265 cm³/mol. The molecule has 310 valence electrons. The fraction of sp³-hybridized carbons (Fsp3) is 0.0667. The van der Waals surface area contributed by atoms with E-state index in [0.717, 1.165) is 98.2 Å². The molecule has 5 nitrogen and oxygen atoms in total. The quantitative estimate of drug-likeness (QED) is 0.123. The lowest BCUT2D eigenvalue weighted by molar-refractivity contribution is 0.655.